The van der Waals surface area contributed by atoms with Crippen molar-refractivity contribution in [1.82, 2.24) is 0 Å². The van der Waals surface area contributed by atoms with Crippen molar-refractivity contribution in [2.24, 2.45) is 17.8 Å². The second kappa shape index (κ2) is 9.80. The van der Waals surface area contributed by atoms with Gasteiger partial charge in [0.2, 0.25) is 0 Å². The minimum absolute atomic E-state index is 0.168. The van der Waals surface area contributed by atoms with Crippen LogP contribution < -0.4 is 9.80 Å². The van der Waals surface area contributed by atoms with E-state index in [1.807, 2.05) is 24.3 Å². The van der Waals surface area contributed by atoms with Crippen LogP contribution in [0.3, 0.4) is 0 Å². The van der Waals surface area contributed by atoms with Gasteiger partial charge in [-0.3, -0.25) is 0 Å². The highest BCUT2D eigenvalue weighted by molar-refractivity contribution is 5.97. The molecule has 4 fully saturated rings. The lowest BCUT2D eigenvalue weighted by Gasteiger charge is -2.57. The van der Waals surface area contributed by atoms with Gasteiger partial charge in [0.15, 0.2) is 0 Å². The molecule has 0 radical (unpaired) electrons. The molecule has 0 heterocycles. The molecule has 4 aliphatic carbocycles. The predicted molar refractivity (Wildman–Crippen MR) is 156 cm³/mol. The second-order valence-corrected chi connectivity index (χ2v) is 12.3. The van der Waals surface area contributed by atoms with Gasteiger partial charge in [-0.25, -0.2) is 4.79 Å². The van der Waals surface area contributed by atoms with Crippen LogP contribution in [0.15, 0.2) is 72.8 Å². The number of carbonyl (C=O) groups excluding carboxylic acids is 1. The molecule has 3 aromatic rings. The minimum atomic E-state index is -0.320. The Labute approximate surface area is 227 Å². The van der Waals surface area contributed by atoms with Gasteiger partial charge in [-0.15, -0.1) is 0 Å². The van der Waals surface area contributed by atoms with Crippen molar-refractivity contribution in [1.29, 1.82) is 0 Å². The smallest absolute Gasteiger partial charge is 0.339 e. The van der Waals surface area contributed by atoms with Crippen molar-refractivity contribution < 1.29 is 9.53 Å². The summed E-state index contributed by atoms with van der Waals surface area (Å²) in [7, 11) is 3.57. The molecule has 3 aromatic carbocycles. The molecule has 0 atom stereocenters. The third-order valence-electron chi connectivity index (χ3n) is 9.51. The lowest BCUT2D eigenvalue weighted by molar-refractivity contribution is -0.00518. The monoisotopic (exact) mass is 508 g/mol. The maximum atomic E-state index is 12.4. The SMILES string of the molecule is COC(=O)c1ccccc1N(c1ccc(N(C)c2ccc(C34CC5CC(CC(C5)C3)C4)cc2)cc1)C(C)C. The number of methoxy groups -OCH3 is 1. The zero-order valence-electron chi connectivity index (χ0n) is 23.2. The maximum Gasteiger partial charge on any atom is 0.339 e. The van der Waals surface area contributed by atoms with Gasteiger partial charge in [0.05, 0.1) is 18.4 Å². The van der Waals surface area contributed by atoms with E-state index >= 15 is 0 Å². The van der Waals surface area contributed by atoms with E-state index in [1.165, 1.54) is 51.3 Å². The molecule has 0 unspecified atom stereocenters. The number of carbonyl (C=O) groups is 1. The summed E-state index contributed by atoms with van der Waals surface area (Å²) in [5, 5.41) is 0. The van der Waals surface area contributed by atoms with Crippen molar-refractivity contribution in [3.63, 3.8) is 0 Å². The van der Waals surface area contributed by atoms with Crippen molar-refractivity contribution in [2.45, 2.75) is 63.8 Å². The Morgan fingerprint density at radius 3 is 1.82 bits per heavy atom. The molecule has 4 heteroatoms. The van der Waals surface area contributed by atoms with Gasteiger partial charge in [-0.1, -0.05) is 24.3 Å². The minimum Gasteiger partial charge on any atom is -0.465 e. The van der Waals surface area contributed by atoms with Gasteiger partial charge in [-0.2, -0.15) is 0 Å². The Balaban J connectivity index is 1.22. The van der Waals surface area contributed by atoms with Crippen molar-refractivity contribution in [2.75, 3.05) is 24.0 Å². The summed E-state index contributed by atoms with van der Waals surface area (Å²) < 4.78 is 5.05. The lowest BCUT2D eigenvalue weighted by Crippen LogP contribution is -2.48. The summed E-state index contributed by atoms with van der Waals surface area (Å²) in [6, 6.07) is 25.9. The zero-order valence-corrected chi connectivity index (χ0v) is 23.2. The van der Waals surface area contributed by atoms with E-state index in [2.05, 4.69) is 79.2 Å². The molecule has 38 heavy (non-hydrogen) atoms. The summed E-state index contributed by atoms with van der Waals surface area (Å²) in [6.45, 7) is 4.28. The highest BCUT2D eigenvalue weighted by Crippen LogP contribution is 2.60. The number of benzene rings is 3. The molecule has 0 aromatic heterocycles. The number of ether oxygens (including phenoxy) is 1. The van der Waals surface area contributed by atoms with Gasteiger partial charge in [0, 0.05) is 30.2 Å². The molecule has 0 spiro atoms. The predicted octanol–water partition coefficient (Wildman–Crippen LogP) is 8.26. The van der Waals surface area contributed by atoms with Crippen LogP contribution >= 0.6 is 0 Å². The Bertz CT molecular complexity index is 1260. The van der Waals surface area contributed by atoms with Gasteiger partial charge < -0.3 is 14.5 Å². The first-order valence-electron chi connectivity index (χ1n) is 14.3. The van der Waals surface area contributed by atoms with Crippen LogP contribution in [-0.2, 0) is 10.2 Å². The third-order valence-corrected chi connectivity index (χ3v) is 9.51. The zero-order chi connectivity index (χ0) is 26.4. The fourth-order valence-electron chi connectivity index (χ4n) is 8.17. The van der Waals surface area contributed by atoms with Crippen molar-refractivity contribution >= 4 is 28.7 Å². The highest BCUT2D eigenvalue weighted by atomic mass is 16.5. The number of esters is 1. The number of rotatable bonds is 7. The van der Waals surface area contributed by atoms with Crippen LogP contribution in [0.1, 0.15) is 68.3 Å². The van der Waals surface area contributed by atoms with Gasteiger partial charge >= 0.3 is 5.97 Å². The first kappa shape index (κ1) is 25.0. The summed E-state index contributed by atoms with van der Waals surface area (Å²) >= 11 is 0. The lowest BCUT2D eigenvalue weighted by atomic mass is 9.48. The number of anilines is 4. The average molecular weight is 509 g/mol. The fourth-order valence-corrected chi connectivity index (χ4v) is 8.17. The van der Waals surface area contributed by atoms with E-state index in [1.54, 1.807) is 5.56 Å². The largest absolute Gasteiger partial charge is 0.465 e. The molecule has 0 N–H and O–H groups in total. The maximum absolute atomic E-state index is 12.4. The fraction of sp³-hybridized carbons (Fsp3) is 0.441. The van der Waals surface area contributed by atoms with E-state index in [0.717, 1.165) is 34.8 Å². The number of nitrogens with zero attached hydrogens (tertiary/aromatic N) is 2. The van der Waals surface area contributed by atoms with Crippen LogP contribution in [0.25, 0.3) is 0 Å². The van der Waals surface area contributed by atoms with Crippen molar-refractivity contribution in [3.05, 3.63) is 83.9 Å². The number of hydrogen-bond donors (Lipinski definition) is 0. The van der Waals surface area contributed by atoms with E-state index in [9.17, 15) is 4.79 Å². The summed E-state index contributed by atoms with van der Waals surface area (Å²) in [6.07, 6.45) is 8.67. The molecule has 4 saturated carbocycles. The Morgan fingerprint density at radius 1 is 0.789 bits per heavy atom. The summed E-state index contributed by atoms with van der Waals surface area (Å²) in [4.78, 5) is 16.9. The molecule has 7 rings (SSSR count). The normalized spacial score (nSPS) is 25.4. The summed E-state index contributed by atoms with van der Waals surface area (Å²) in [5.41, 5.74) is 6.84. The first-order valence-corrected chi connectivity index (χ1v) is 14.3. The van der Waals surface area contributed by atoms with E-state index in [4.69, 9.17) is 4.74 Å². The molecule has 4 bridgehead atoms. The molecular formula is C34H40N2O2. The Morgan fingerprint density at radius 2 is 1.29 bits per heavy atom. The topological polar surface area (TPSA) is 32.8 Å². The number of hydrogen-bond acceptors (Lipinski definition) is 4. The van der Waals surface area contributed by atoms with Crippen LogP contribution in [0.2, 0.25) is 0 Å². The number of para-hydroxylation sites is 1. The molecule has 198 valence electrons. The van der Waals surface area contributed by atoms with E-state index in [-0.39, 0.29) is 12.0 Å². The third kappa shape index (κ3) is 4.38. The van der Waals surface area contributed by atoms with Crippen LogP contribution in [-0.4, -0.2) is 26.2 Å². The van der Waals surface area contributed by atoms with Gasteiger partial charge in [-0.05, 0) is 130 Å². The second-order valence-electron chi connectivity index (χ2n) is 12.3. The quantitative estimate of drug-likeness (QED) is 0.301. The standard InChI is InChI=1S/C34H40N2O2/c1-23(2)36(32-8-6-5-7-31(32)33(37)38-4)30-15-13-29(14-16-30)35(3)28-11-9-27(10-12-28)34-20-24-17-25(21-34)19-26(18-24)22-34/h5-16,23-26H,17-22H2,1-4H3. The van der Waals surface area contributed by atoms with Crippen LogP contribution in [0, 0.1) is 17.8 Å². The first-order chi connectivity index (χ1) is 18.4. The molecule has 4 nitrogen and oxygen atoms in total. The molecule has 0 saturated heterocycles. The van der Waals surface area contributed by atoms with Crippen molar-refractivity contribution in [3.8, 4) is 0 Å². The molecule has 0 aliphatic heterocycles. The van der Waals surface area contributed by atoms with Crippen LogP contribution in [0.4, 0.5) is 22.7 Å². The highest BCUT2D eigenvalue weighted by Gasteiger charge is 2.51. The molecule has 0 amide bonds. The van der Waals surface area contributed by atoms with E-state index < -0.39 is 0 Å². The Kier molecular flexibility index (Phi) is 6.45. The van der Waals surface area contributed by atoms with Gasteiger partial charge in [0.25, 0.3) is 0 Å². The summed E-state index contributed by atoms with van der Waals surface area (Å²) in [5.74, 6) is 2.57. The Hall–Kier alpha value is -3.27. The van der Waals surface area contributed by atoms with Crippen LogP contribution in [0.5, 0.6) is 0 Å². The average Bonchev–Trinajstić information content (AvgIpc) is 2.92. The molecular weight excluding hydrogens is 468 g/mol. The molecule has 4 aliphatic rings. The van der Waals surface area contributed by atoms with E-state index in [0.29, 0.717) is 11.0 Å². The van der Waals surface area contributed by atoms with Gasteiger partial charge in [0.1, 0.15) is 0 Å².